The lowest BCUT2D eigenvalue weighted by molar-refractivity contribution is 0.220. The summed E-state index contributed by atoms with van der Waals surface area (Å²) in [5, 5.41) is 5.83. The lowest BCUT2D eigenvalue weighted by Crippen LogP contribution is -2.47. The van der Waals surface area contributed by atoms with Crippen molar-refractivity contribution in [2.45, 2.75) is 53.6 Å². The number of benzene rings is 1. The molecular formula is C17H28N2O2. The maximum Gasteiger partial charge on any atom is 0.315 e. The van der Waals surface area contributed by atoms with Gasteiger partial charge in [-0.2, -0.15) is 0 Å². The molecule has 0 spiro atoms. The van der Waals surface area contributed by atoms with E-state index in [1.807, 2.05) is 45.9 Å². The van der Waals surface area contributed by atoms with Gasteiger partial charge in [0.05, 0.1) is 6.04 Å². The number of carbonyl (C=O) groups excluding carboxylic acids is 1. The van der Waals surface area contributed by atoms with E-state index < -0.39 is 0 Å². The molecule has 0 saturated heterocycles. The van der Waals surface area contributed by atoms with Crippen LogP contribution in [0.15, 0.2) is 18.2 Å². The van der Waals surface area contributed by atoms with Crippen LogP contribution in [0, 0.1) is 19.8 Å². The van der Waals surface area contributed by atoms with Gasteiger partial charge in [0, 0.05) is 6.04 Å². The summed E-state index contributed by atoms with van der Waals surface area (Å²) in [5.74, 6) is 1.32. The second kappa shape index (κ2) is 7.91. The highest BCUT2D eigenvalue weighted by Gasteiger charge is 2.13. The van der Waals surface area contributed by atoms with Gasteiger partial charge >= 0.3 is 6.03 Å². The number of para-hydroxylation sites is 1. The maximum atomic E-state index is 11.8. The molecule has 2 unspecified atom stereocenters. The van der Waals surface area contributed by atoms with E-state index in [2.05, 4.69) is 24.5 Å². The minimum absolute atomic E-state index is 0.0524. The summed E-state index contributed by atoms with van der Waals surface area (Å²) < 4.78 is 5.84. The number of amides is 2. The van der Waals surface area contributed by atoms with Crippen molar-refractivity contribution in [1.82, 2.24) is 10.6 Å². The minimum atomic E-state index is -0.145. The van der Waals surface area contributed by atoms with Gasteiger partial charge in [-0.05, 0) is 44.7 Å². The average Bonchev–Trinajstić information content (AvgIpc) is 2.37. The van der Waals surface area contributed by atoms with Crippen LogP contribution in [0.2, 0.25) is 0 Å². The molecule has 4 heteroatoms. The predicted octanol–water partition coefficient (Wildman–Crippen LogP) is 3.41. The summed E-state index contributed by atoms with van der Waals surface area (Å²) in [5.41, 5.74) is 2.22. The Morgan fingerprint density at radius 3 is 2.19 bits per heavy atom. The van der Waals surface area contributed by atoms with Gasteiger partial charge in [-0.1, -0.05) is 32.0 Å². The third-order valence-electron chi connectivity index (χ3n) is 3.62. The highest BCUT2D eigenvalue weighted by Crippen LogP contribution is 2.22. The predicted molar refractivity (Wildman–Crippen MR) is 86.8 cm³/mol. The van der Waals surface area contributed by atoms with E-state index in [4.69, 9.17) is 4.74 Å². The van der Waals surface area contributed by atoms with Crippen LogP contribution in [0.25, 0.3) is 0 Å². The van der Waals surface area contributed by atoms with Gasteiger partial charge in [0.1, 0.15) is 12.4 Å². The largest absolute Gasteiger partial charge is 0.491 e. The molecule has 0 fully saturated rings. The fourth-order valence-corrected chi connectivity index (χ4v) is 1.92. The quantitative estimate of drug-likeness (QED) is 0.844. The molecule has 0 heterocycles. The Morgan fingerprint density at radius 1 is 1.10 bits per heavy atom. The third kappa shape index (κ3) is 5.66. The number of hydrogen-bond acceptors (Lipinski definition) is 2. The molecule has 1 rings (SSSR count). The molecule has 0 saturated carbocycles. The molecule has 118 valence electrons. The van der Waals surface area contributed by atoms with Crippen molar-refractivity contribution in [2.24, 2.45) is 5.92 Å². The number of aryl methyl sites for hydroxylation is 2. The van der Waals surface area contributed by atoms with Gasteiger partial charge in [-0.3, -0.25) is 0 Å². The zero-order valence-corrected chi connectivity index (χ0v) is 14.0. The van der Waals surface area contributed by atoms with Crippen molar-refractivity contribution in [1.29, 1.82) is 0 Å². The van der Waals surface area contributed by atoms with E-state index in [1.54, 1.807) is 0 Å². The Bertz CT molecular complexity index is 452. The first-order chi connectivity index (χ1) is 9.81. The van der Waals surface area contributed by atoms with Crippen LogP contribution in [0.1, 0.15) is 38.8 Å². The first-order valence-corrected chi connectivity index (χ1v) is 7.57. The molecule has 1 aromatic rings. The van der Waals surface area contributed by atoms with Crippen molar-refractivity contribution in [3.63, 3.8) is 0 Å². The summed E-state index contributed by atoms with van der Waals surface area (Å²) in [6, 6.07) is 6.02. The lowest BCUT2D eigenvalue weighted by atomic mass is 10.1. The maximum absolute atomic E-state index is 11.8. The van der Waals surface area contributed by atoms with Crippen LogP contribution in [0.3, 0.4) is 0 Å². The van der Waals surface area contributed by atoms with Crippen LogP contribution in [-0.4, -0.2) is 24.7 Å². The summed E-state index contributed by atoms with van der Waals surface area (Å²) in [6.07, 6.45) is 0. The van der Waals surface area contributed by atoms with Crippen molar-refractivity contribution < 1.29 is 9.53 Å². The topological polar surface area (TPSA) is 50.4 Å². The third-order valence-corrected chi connectivity index (χ3v) is 3.62. The number of urea groups is 1. The highest BCUT2D eigenvalue weighted by molar-refractivity contribution is 5.74. The lowest BCUT2D eigenvalue weighted by Gasteiger charge is -2.21. The van der Waals surface area contributed by atoms with Crippen LogP contribution < -0.4 is 15.4 Å². The summed E-state index contributed by atoms with van der Waals surface area (Å²) >= 11 is 0. The number of ether oxygens (including phenoxy) is 1. The summed E-state index contributed by atoms with van der Waals surface area (Å²) in [4.78, 5) is 11.8. The number of rotatable bonds is 6. The molecular weight excluding hydrogens is 264 g/mol. The zero-order valence-electron chi connectivity index (χ0n) is 14.0. The average molecular weight is 292 g/mol. The van der Waals surface area contributed by atoms with E-state index in [9.17, 15) is 4.79 Å². The SMILES string of the molecule is Cc1cccc(C)c1OCC(C)NC(=O)NC(C)C(C)C. The van der Waals surface area contributed by atoms with E-state index in [1.165, 1.54) is 0 Å². The van der Waals surface area contributed by atoms with Crippen LogP contribution in [0.4, 0.5) is 4.79 Å². The fourth-order valence-electron chi connectivity index (χ4n) is 1.92. The van der Waals surface area contributed by atoms with E-state index in [0.29, 0.717) is 12.5 Å². The summed E-state index contributed by atoms with van der Waals surface area (Å²) in [6.45, 7) is 12.6. The first kappa shape index (κ1) is 17.3. The molecule has 2 N–H and O–H groups in total. The van der Waals surface area contributed by atoms with Crippen molar-refractivity contribution in [3.8, 4) is 5.75 Å². The number of nitrogens with one attached hydrogen (secondary N) is 2. The standard InChI is InChI=1S/C17H28N2O2/c1-11(2)15(6)19-17(20)18-14(5)10-21-16-12(3)8-7-9-13(16)4/h7-9,11,14-15H,10H2,1-6H3,(H2,18,19,20). The molecule has 0 aromatic heterocycles. The summed E-state index contributed by atoms with van der Waals surface area (Å²) in [7, 11) is 0. The van der Waals surface area contributed by atoms with Crippen molar-refractivity contribution >= 4 is 6.03 Å². The molecule has 2 atom stereocenters. The Kier molecular flexibility index (Phi) is 6.53. The van der Waals surface area contributed by atoms with Gasteiger partial charge in [0.15, 0.2) is 0 Å². The Balaban J connectivity index is 2.44. The van der Waals surface area contributed by atoms with Crippen molar-refractivity contribution in [3.05, 3.63) is 29.3 Å². The molecule has 0 aliphatic rings. The second-order valence-electron chi connectivity index (χ2n) is 6.08. The minimum Gasteiger partial charge on any atom is -0.491 e. The Labute approximate surface area is 128 Å². The molecule has 0 aliphatic carbocycles. The van der Waals surface area contributed by atoms with Gasteiger partial charge in [-0.25, -0.2) is 4.79 Å². The number of carbonyl (C=O) groups is 1. The number of hydrogen-bond donors (Lipinski definition) is 2. The van der Waals surface area contributed by atoms with Crippen LogP contribution in [0.5, 0.6) is 5.75 Å². The van der Waals surface area contributed by atoms with Crippen molar-refractivity contribution in [2.75, 3.05) is 6.61 Å². The highest BCUT2D eigenvalue weighted by atomic mass is 16.5. The molecule has 2 amide bonds. The fraction of sp³-hybridized carbons (Fsp3) is 0.588. The van der Waals surface area contributed by atoms with E-state index in [0.717, 1.165) is 16.9 Å². The normalized spacial score (nSPS) is 13.7. The molecule has 0 aliphatic heterocycles. The first-order valence-electron chi connectivity index (χ1n) is 7.57. The van der Waals surface area contributed by atoms with Gasteiger partial charge in [0.2, 0.25) is 0 Å². The van der Waals surface area contributed by atoms with Gasteiger partial charge < -0.3 is 15.4 Å². The second-order valence-corrected chi connectivity index (χ2v) is 6.08. The molecule has 21 heavy (non-hydrogen) atoms. The molecule has 0 bridgehead atoms. The Hall–Kier alpha value is -1.71. The van der Waals surface area contributed by atoms with E-state index >= 15 is 0 Å². The van der Waals surface area contributed by atoms with Gasteiger partial charge in [0.25, 0.3) is 0 Å². The zero-order chi connectivity index (χ0) is 16.0. The van der Waals surface area contributed by atoms with Crippen LogP contribution in [-0.2, 0) is 0 Å². The smallest absolute Gasteiger partial charge is 0.315 e. The molecule has 0 radical (unpaired) electrons. The Morgan fingerprint density at radius 2 is 1.67 bits per heavy atom. The molecule has 4 nitrogen and oxygen atoms in total. The van der Waals surface area contributed by atoms with Gasteiger partial charge in [-0.15, -0.1) is 0 Å². The van der Waals surface area contributed by atoms with E-state index in [-0.39, 0.29) is 18.1 Å². The van der Waals surface area contributed by atoms with Crippen LogP contribution >= 0.6 is 0 Å². The molecule has 1 aromatic carbocycles. The monoisotopic (exact) mass is 292 g/mol.